The number of nitrogens with one attached hydrogen (secondary N) is 4. The quantitative estimate of drug-likeness (QED) is 0.0717. The highest BCUT2D eigenvalue weighted by Crippen LogP contribution is 2.40. The van der Waals surface area contributed by atoms with Gasteiger partial charge >= 0.3 is 6.18 Å². The number of aromatic amines is 2. The average molecular weight is 951 g/mol. The Bertz CT molecular complexity index is 3020. The first kappa shape index (κ1) is 43.9. The van der Waals surface area contributed by atoms with Crippen molar-refractivity contribution in [3.8, 4) is 43.9 Å². The van der Waals surface area contributed by atoms with Gasteiger partial charge in [-0.3, -0.25) is 39.1 Å². The van der Waals surface area contributed by atoms with Crippen LogP contribution in [-0.4, -0.2) is 97.1 Å². The lowest BCUT2D eigenvalue weighted by Gasteiger charge is -2.35. The zero-order chi connectivity index (χ0) is 46.2. The molecule has 0 bridgehead atoms. The SMILES string of the molecule is CCO[C@H]1C[C@@H](n2cc(NC(=O)c3csc(-c4c[nH]nc4C(F)(F)F)n3)c(-c3ccc(CCO[C@H]4C[C@@H](n5cc(NC(=O)c6csc(-c7c[nH]nc7C)n6)c(-c6ccccn6)n5)C4)cn3)n2)C1. The lowest BCUT2D eigenvalue weighted by atomic mass is 9.89. The van der Waals surface area contributed by atoms with E-state index in [2.05, 4.69) is 46.0 Å². The number of carbonyl (C=O) groups is 2. The molecular formula is C44H41F3N14O4S2. The summed E-state index contributed by atoms with van der Waals surface area (Å²) in [5.74, 6) is -0.961. The Balaban J connectivity index is 0.768. The minimum Gasteiger partial charge on any atom is -0.378 e. The number of amides is 2. The molecule has 18 nitrogen and oxygen atoms in total. The van der Waals surface area contributed by atoms with E-state index in [-0.39, 0.29) is 46.5 Å². The predicted octanol–water partition coefficient (Wildman–Crippen LogP) is 8.43. The molecule has 2 saturated carbocycles. The zero-order valence-corrected chi connectivity index (χ0v) is 37.5. The monoisotopic (exact) mass is 950 g/mol. The van der Waals surface area contributed by atoms with E-state index in [1.165, 1.54) is 16.7 Å². The second-order valence-electron chi connectivity index (χ2n) is 16.1. The van der Waals surface area contributed by atoms with Gasteiger partial charge < -0.3 is 20.1 Å². The molecule has 4 N–H and O–H groups in total. The summed E-state index contributed by atoms with van der Waals surface area (Å²) in [6.07, 6.45) is 8.91. The molecule has 2 aliphatic carbocycles. The second-order valence-corrected chi connectivity index (χ2v) is 17.8. The molecule has 0 spiro atoms. The normalized spacial score (nSPS) is 18.1. The third-order valence-corrected chi connectivity index (χ3v) is 13.4. The van der Waals surface area contributed by atoms with Crippen LogP contribution in [0.3, 0.4) is 0 Å². The molecule has 8 aromatic rings. The van der Waals surface area contributed by atoms with Crippen LogP contribution in [0.4, 0.5) is 24.5 Å². The van der Waals surface area contributed by atoms with Gasteiger partial charge in [-0.2, -0.15) is 33.6 Å². The highest BCUT2D eigenvalue weighted by atomic mass is 32.1. The maximum absolute atomic E-state index is 13.5. The van der Waals surface area contributed by atoms with Crippen molar-refractivity contribution in [1.29, 1.82) is 0 Å². The van der Waals surface area contributed by atoms with Crippen molar-refractivity contribution in [2.45, 2.75) is 76.4 Å². The first-order valence-corrected chi connectivity index (χ1v) is 23.2. The minimum atomic E-state index is -4.69. The lowest BCUT2D eigenvalue weighted by Crippen LogP contribution is -2.34. The van der Waals surface area contributed by atoms with E-state index in [0.29, 0.717) is 64.5 Å². The number of ether oxygens (including phenoxy) is 2. The van der Waals surface area contributed by atoms with Crippen molar-refractivity contribution in [1.82, 2.24) is 59.9 Å². The van der Waals surface area contributed by atoms with Gasteiger partial charge in [0, 0.05) is 54.5 Å². The first-order valence-electron chi connectivity index (χ1n) is 21.4. The van der Waals surface area contributed by atoms with Crippen molar-refractivity contribution < 1.29 is 32.2 Å². The van der Waals surface area contributed by atoms with Gasteiger partial charge in [-0.25, -0.2) is 9.97 Å². The van der Waals surface area contributed by atoms with Crippen molar-refractivity contribution >= 4 is 45.9 Å². The van der Waals surface area contributed by atoms with Gasteiger partial charge in [0.25, 0.3) is 11.8 Å². The van der Waals surface area contributed by atoms with Crippen LogP contribution in [-0.2, 0) is 22.1 Å². The Labute approximate surface area is 387 Å². The van der Waals surface area contributed by atoms with Crippen LogP contribution in [0.15, 0.2) is 78.3 Å². The molecule has 23 heteroatoms. The molecule has 0 saturated heterocycles. The number of alkyl halides is 3. The van der Waals surface area contributed by atoms with E-state index in [1.807, 2.05) is 55.1 Å². The predicted molar refractivity (Wildman–Crippen MR) is 241 cm³/mol. The van der Waals surface area contributed by atoms with Crippen LogP contribution in [0.25, 0.3) is 43.9 Å². The van der Waals surface area contributed by atoms with E-state index in [4.69, 9.17) is 24.7 Å². The number of aromatic nitrogens is 12. The number of H-pyrrole nitrogens is 2. The van der Waals surface area contributed by atoms with Crippen molar-refractivity contribution in [2.24, 2.45) is 0 Å². The highest BCUT2D eigenvalue weighted by molar-refractivity contribution is 7.13. The van der Waals surface area contributed by atoms with Crippen molar-refractivity contribution in [3.05, 3.63) is 107 Å². The Hall–Kier alpha value is -6.95. The molecule has 0 radical (unpaired) electrons. The Morgan fingerprint density at radius 3 is 1.94 bits per heavy atom. The van der Waals surface area contributed by atoms with Crippen LogP contribution in [0, 0.1) is 6.92 Å². The van der Waals surface area contributed by atoms with Gasteiger partial charge in [-0.15, -0.1) is 22.7 Å². The molecule has 2 amide bonds. The minimum absolute atomic E-state index is 0.00524. The summed E-state index contributed by atoms with van der Waals surface area (Å²) in [4.78, 5) is 44.8. The summed E-state index contributed by atoms with van der Waals surface area (Å²) in [6, 6.07) is 9.43. The highest BCUT2D eigenvalue weighted by Gasteiger charge is 2.38. The van der Waals surface area contributed by atoms with Crippen LogP contribution >= 0.6 is 22.7 Å². The first-order chi connectivity index (χ1) is 32.5. The average Bonchev–Trinajstić information content (AvgIpc) is 4.15. The van der Waals surface area contributed by atoms with Crippen molar-refractivity contribution in [2.75, 3.05) is 23.8 Å². The van der Waals surface area contributed by atoms with E-state index < -0.39 is 17.8 Å². The zero-order valence-electron chi connectivity index (χ0n) is 35.8. The standard InChI is InChI=1S/C44H41F3N14O4S2/c1-3-64-27-12-25(13-27)60-20-34(53-41(63)36-22-67-43(55-36)30-18-51-57-39(30)44(45,46)47)38(59-60)32-8-7-24(16-49-32)9-11-65-28-14-26(15-28)61-19-33(37(58-61)31-6-4-5-10-48-31)52-40(62)35-21-66-42(54-35)29-17-50-56-23(29)2/h4-8,10,16-22,25-28H,3,9,11-15H2,1-2H3,(H,50,56)(H,51,57)(H,52,62)(H,53,63)/t25-,26-,27+,28+. The number of nitrogens with zero attached hydrogens (tertiary/aromatic N) is 10. The molecule has 10 rings (SSSR count). The number of aryl methyl sites for hydroxylation is 1. The largest absolute Gasteiger partial charge is 0.435 e. The Kier molecular flexibility index (Phi) is 12.0. The van der Waals surface area contributed by atoms with Crippen LogP contribution in [0.1, 0.15) is 82.6 Å². The number of hydrogen-bond acceptors (Lipinski definition) is 14. The number of halogens is 3. The fraction of sp³-hybridized carbons (Fsp3) is 0.318. The molecule has 8 aromatic heterocycles. The summed E-state index contributed by atoms with van der Waals surface area (Å²) in [5, 5.41) is 31.9. The Morgan fingerprint density at radius 1 is 0.791 bits per heavy atom. The van der Waals surface area contributed by atoms with Gasteiger partial charge in [-0.1, -0.05) is 12.1 Å². The second kappa shape index (κ2) is 18.4. The molecular weight excluding hydrogens is 910 g/mol. The number of anilines is 2. The van der Waals surface area contributed by atoms with Gasteiger partial charge in [-0.05, 0) is 69.7 Å². The number of pyridine rings is 2. The Morgan fingerprint density at radius 2 is 1.39 bits per heavy atom. The third kappa shape index (κ3) is 9.26. The summed E-state index contributed by atoms with van der Waals surface area (Å²) in [6.45, 7) is 4.90. The van der Waals surface area contributed by atoms with Gasteiger partial charge in [0.15, 0.2) is 5.69 Å². The van der Waals surface area contributed by atoms with E-state index >= 15 is 0 Å². The van der Waals surface area contributed by atoms with Gasteiger partial charge in [0.05, 0.1) is 70.5 Å². The number of carbonyl (C=O) groups excluding carboxylic acids is 2. The van der Waals surface area contributed by atoms with E-state index in [9.17, 15) is 22.8 Å². The maximum atomic E-state index is 13.5. The fourth-order valence-corrected chi connectivity index (χ4v) is 9.60. The molecule has 0 atom stereocenters. The molecule has 344 valence electrons. The summed E-state index contributed by atoms with van der Waals surface area (Å²) >= 11 is 2.28. The molecule has 2 fully saturated rings. The fourth-order valence-electron chi connectivity index (χ4n) is 7.91. The van der Waals surface area contributed by atoms with Crippen molar-refractivity contribution in [3.63, 3.8) is 0 Å². The molecule has 0 aromatic carbocycles. The number of thiazole rings is 2. The maximum Gasteiger partial charge on any atom is 0.435 e. The topological polar surface area (TPSA) is 221 Å². The summed E-state index contributed by atoms with van der Waals surface area (Å²) in [7, 11) is 0. The molecule has 67 heavy (non-hydrogen) atoms. The van der Waals surface area contributed by atoms with Crippen LogP contribution in [0.5, 0.6) is 0 Å². The summed E-state index contributed by atoms with van der Waals surface area (Å²) in [5.41, 5.74) is 4.54. The van der Waals surface area contributed by atoms with E-state index in [1.54, 1.807) is 34.8 Å². The summed E-state index contributed by atoms with van der Waals surface area (Å²) < 4.78 is 56.2. The molecule has 0 unspecified atom stereocenters. The third-order valence-electron chi connectivity index (χ3n) is 11.6. The lowest BCUT2D eigenvalue weighted by molar-refractivity contribution is -0.140. The van der Waals surface area contributed by atoms with Gasteiger partial charge in [0.2, 0.25) is 0 Å². The molecule has 0 aliphatic heterocycles. The molecule has 8 heterocycles. The van der Waals surface area contributed by atoms with Gasteiger partial charge in [0.1, 0.15) is 32.8 Å². The van der Waals surface area contributed by atoms with Crippen LogP contribution < -0.4 is 10.6 Å². The number of hydrogen-bond donors (Lipinski definition) is 4. The smallest absolute Gasteiger partial charge is 0.378 e. The van der Waals surface area contributed by atoms with Crippen LogP contribution in [0.2, 0.25) is 0 Å². The molecule has 2 aliphatic rings. The van der Waals surface area contributed by atoms with E-state index in [0.717, 1.165) is 60.0 Å². The number of rotatable bonds is 16.